The van der Waals surface area contributed by atoms with Crippen molar-refractivity contribution in [2.45, 2.75) is 6.92 Å². The Labute approximate surface area is 102 Å². The number of anilines is 3. The number of benzene rings is 1. The average Bonchev–Trinajstić information content (AvgIpc) is 2.20. The van der Waals surface area contributed by atoms with Crippen LogP contribution in [-0.2, 0) is 4.79 Å². The van der Waals surface area contributed by atoms with Gasteiger partial charge in [-0.1, -0.05) is 0 Å². The van der Waals surface area contributed by atoms with Gasteiger partial charge in [-0.05, 0) is 32.3 Å². The Morgan fingerprint density at radius 1 is 1.24 bits per heavy atom. The van der Waals surface area contributed by atoms with E-state index in [0.717, 1.165) is 6.54 Å². The number of carbonyl (C=O) groups excluding carboxylic acids is 1. The largest absolute Gasteiger partial charge is 0.399 e. The van der Waals surface area contributed by atoms with Crippen LogP contribution in [0.1, 0.15) is 6.92 Å². The van der Waals surface area contributed by atoms with Gasteiger partial charge in [-0.3, -0.25) is 4.79 Å². The van der Waals surface area contributed by atoms with Gasteiger partial charge in [0.1, 0.15) is 0 Å². The number of carbonyl (C=O) groups is 1. The summed E-state index contributed by atoms with van der Waals surface area (Å²) in [7, 11) is 3.93. The summed E-state index contributed by atoms with van der Waals surface area (Å²) >= 11 is 0. The summed E-state index contributed by atoms with van der Waals surface area (Å²) in [6.45, 7) is 2.92. The van der Waals surface area contributed by atoms with Crippen molar-refractivity contribution < 1.29 is 4.79 Å². The van der Waals surface area contributed by atoms with Crippen molar-refractivity contribution in [2.24, 2.45) is 0 Å². The van der Waals surface area contributed by atoms with Crippen molar-refractivity contribution in [2.75, 3.05) is 43.6 Å². The molecular weight excluding hydrogens is 216 g/mol. The van der Waals surface area contributed by atoms with Crippen molar-refractivity contribution >= 4 is 23.0 Å². The molecule has 1 amide bonds. The van der Waals surface area contributed by atoms with E-state index in [4.69, 9.17) is 11.5 Å². The first-order valence-corrected chi connectivity index (χ1v) is 5.49. The van der Waals surface area contributed by atoms with E-state index in [0.29, 0.717) is 23.6 Å². The first-order valence-electron chi connectivity index (χ1n) is 5.49. The Kier molecular flexibility index (Phi) is 4.34. The fourth-order valence-electron chi connectivity index (χ4n) is 1.57. The molecule has 0 heterocycles. The van der Waals surface area contributed by atoms with E-state index in [1.807, 2.05) is 19.0 Å². The molecule has 0 radical (unpaired) electrons. The zero-order chi connectivity index (χ0) is 13.0. The zero-order valence-electron chi connectivity index (χ0n) is 10.6. The highest BCUT2D eigenvalue weighted by atomic mass is 16.2. The fraction of sp³-hybridized carbons (Fsp3) is 0.417. The molecule has 4 N–H and O–H groups in total. The number of hydrogen-bond donors (Lipinski definition) is 2. The molecule has 1 aromatic rings. The van der Waals surface area contributed by atoms with E-state index >= 15 is 0 Å². The Bertz CT molecular complexity index is 403. The van der Waals surface area contributed by atoms with E-state index in [-0.39, 0.29) is 5.91 Å². The third-order valence-corrected chi connectivity index (χ3v) is 2.49. The van der Waals surface area contributed by atoms with E-state index in [1.165, 1.54) is 6.92 Å². The van der Waals surface area contributed by atoms with Gasteiger partial charge in [-0.2, -0.15) is 0 Å². The molecule has 0 aliphatic rings. The van der Waals surface area contributed by atoms with Crippen molar-refractivity contribution in [3.8, 4) is 0 Å². The highest BCUT2D eigenvalue weighted by Gasteiger charge is 2.14. The van der Waals surface area contributed by atoms with E-state index < -0.39 is 0 Å². The number of nitrogen functional groups attached to an aromatic ring is 2. The molecule has 0 saturated heterocycles. The normalized spacial score (nSPS) is 10.6. The summed E-state index contributed by atoms with van der Waals surface area (Å²) in [5.74, 6) is -0.0247. The van der Waals surface area contributed by atoms with Crippen LogP contribution < -0.4 is 16.4 Å². The molecule has 5 heteroatoms. The van der Waals surface area contributed by atoms with Crippen molar-refractivity contribution in [3.05, 3.63) is 18.2 Å². The van der Waals surface area contributed by atoms with Crippen LogP contribution in [0.3, 0.4) is 0 Å². The van der Waals surface area contributed by atoms with Gasteiger partial charge in [0.2, 0.25) is 5.91 Å². The molecule has 0 aliphatic heterocycles. The molecule has 0 aromatic heterocycles. The number of hydrogen-bond acceptors (Lipinski definition) is 4. The first-order chi connectivity index (χ1) is 7.91. The Morgan fingerprint density at radius 2 is 1.88 bits per heavy atom. The van der Waals surface area contributed by atoms with Gasteiger partial charge in [0.25, 0.3) is 0 Å². The lowest BCUT2D eigenvalue weighted by atomic mass is 10.2. The van der Waals surface area contributed by atoms with Crippen LogP contribution in [0.15, 0.2) is 18.2 Å². The Balaban J connectivity index is 2.93. The van der Waals surface area contributed by atoms with Gasteiger partial charge >= 0.3 is 0 Å². The fourth-order valence-corrected chi connectivity index (χ4v) is 1.57. The number of rotatable bonds is 4. The maximum Gasteiger partial charge on any atom is 0.223 e. The van der Waals surface area contributed by atoms with Crippen LogP contribution in [0, 0.1) is 0 Å². The molecule has 0 saturated carbocycles. The van der Waals surface area contributed by atoms with Crippen LogP contribution in [0.5, 0.6) is 0 Å². The summed E-state index contributed by atoms with van der Waals surface area (Å²) in [6, 6.07) is 5.19. The molecular formula is C12H20N4O. The summed E-state index contributed by atoms with van der Waals surface area (Å²) in [5, 5.41) is 0. The summed E-state index contributed by atoms with van der Waals surface area (Å²) < 4.78 is 0. The maximum absolute atomic E-state index is 11.6. The van der Waals surface area contributed by atoms with Gasteiger partial charge in [0.15, 0.2) is 0 Å². The molecule has 17 heavy (non-hydrogen) atoms. The van der Waals surface area contributed by atoms with Crippen molar-refractivity contribution in [1.29, 1.82) is 0 Å². The molecule has 0 bridgehead atoms. The van der Waals surface area contributed by atoms with Gasteiger partial charge in [0, 0.05) is 25.7 Å². The third kappa shape index (κ3) is 3.64. The van der Waals surface area contributed by atoms with Crippen LogP contribution >= 0.6 is 0 Å². The van der Waals surface area contributed by atoms with Gasteiger partial charge < -0.3 is 21.3 Å². The Morgan fingerprint density at radius 3 is 2.35 bits per heavy atom. The molecule has 1 aromatic carbocycles. The molecule has 0 unspecified atom stereocenters. The molecule has 0 atom stereocenters. The van der Waals surface area contributed by atoms with Gasteiger partial charge in [0.05, 0.1) is 11.4 Å². The quantitative estimate of drug-likeness (QED) is 0.757. The van der Waals surface area contributed by atoms with Crippen molar-refractivity contribution in [1.82, 2.24) is 4.90 Å². The maximum atomic E-state index is 11.6. The minimum Gasteiger partial charge on any atom is -0.399 e. The second-order valence-electron chi connectivity index (χ2n) is 4.29. The van der Waals surface area contributed by atoms with Crippen LogP contribution in [0.4, 0.5) is 17.1 Å². The molecule has 5 nitrogen and oxygen atoms in total. The first kappa shape index (κ1) is 13.3. The van der Waals surface area contributed by atoms with Gasteiger partial charge in [-0.15, -0.1) is 0 Å². The number of likely N-dealkylation sites (N-methyl/N-ethyl adjacent to an activating group) is 1. The predicted octanol–water partition coefficient (Wildman–Crippen LogP) is 0.765. The van der Waals surface area contributed by atoms with Gasteiger partial charge in [-0.25, -0.2) is 0 Å². The van der Waals surface area contributed by atoms with E-state index in [2.05, 4.69) is 0 Å². The minimum absolute atomic E-state index is 0.0247. The topological polar surface area (TPSA) is 75.6 Å². The summed E-state index contributed by atoms with van der Waals surface area (Å²) in [6.07, 6.45) is 0. The Hall–Kier alpha value is -1.75. The van der Waals surface area contributed by atoms with E-state index in [9.17, 15) is 4.79 Å². The lowest BCUT2D eigenvalue weighted by Crippen LogP contribution is -2.35. The zero-order valence-corrected chi connectivity index (χ0v) is 10.6. The summed E-state index contributed by atoms with van der Waals surface area (Å²) in [4.78, 5) is 15.3. The monoisotopic (exact) mass is 236 g/mol. The number of nitrogens with two attached hydrogens (primary N) is 2. The van der Waals surface area contributed by atoms with Crippen LogP contribution in [-0.4, -0.2) is 38.0 Å². The summed E-state index contributed by atoms with van der Waals surface area (Å²) in [5.41, 5.74) is 13.4. The smallest absolute Gasteiger partial charge is 0.223 e. The SMILES string of the molecule is CC(=O)N(CCN(C)C)c1ccc(N)cc1N. The lowest BCUT2D eigenvalue weighted by Gasteiger charge is -2.24. The van der Waals surface area contributed by atoms with Crippen LogP contribution in [0.2, 0.25) is 0 Å². The second kappa shape index (κ2) is 5.54. The molecule has 94 valence electrons. The van der Waals surface area contributed by atoms with E-state index in [1.54, 1.807) is 23.1 Å². The number of amides is 1. The number of nitrogens with zero attached hydrogens (tertiary/aromatic N) is 2. The molecule has 0 spiro atoms. The minimum atomic E-state index is -0.0247. The average molecular weight is 236 g/mol. The lowest BCUT2D eigenvalue weighted by molar-refractivity contribution is -0.116. The molecule has 0 fully saturated rings. The highest BCUT2D eigenvalue weighted by Crippen LogP contribution is 2.25. The predicted molar refractivity (Wildman–Crippen MR) is 71.8 cm³/mol. The molecule has 1 rings (SSSR count). The second-order valence-corrected chi connectivity index (χ2v) is 4.29. The highest BCUT2D eigenvalue weighted by molar-refractivity contribution is 5.95. The third-order valence-electron chi connectivity index (χ3n) is 2.49. The van der Waals surface area contributed by atoms with Crippen molar-refractivity contribution in [3.63, 3.8) is 0 Å². The van der Waals surface area contributed by atoms with Crippen LogP contribution in [0.25, 0.3) is 0 Å². The standard InChI is InChI=1S/C12H20N4O/c1-9(17)16(7-6-15(2)3)12-5-4-10(13)8-11(12)14/h4-5,8H,6-7,13-14H2,1-3H3. The molecule has 0 aliphatic carbocycles.